The zero-order chi connectivity index (χ0) is 25.6. The molecular formula is C30H37ClN2O3S. The number of nitrogens with one attached hydrogen (secondary N) is 1. The van der Waals surface area contributed by atoms with Gasteiger partial charge in [-0.1, -0.05) is 36.9 Å². The molecule has 5 nitrogen and oxygen atoms in total. The van der Waals surface area contributed by atoms with Crippen molar-refractivity contribution in [1.82, 2.24) is 4.72 Å². The van der Waals surface area contributed by atoms with Crippen molar-refractivity contribution in [3.63, 3.8) is 0 Å². The third-order valence-electron chi connectivity index (χ3n) is 9.16. The molecule has 1 saturated carbocycles. The minimum Gasteiger partial charge on any atom is -0.490 e. The highest BCUT2D eigenvalue weighted by Crippen LogP contribution is 2.46. The average Bonchev–Trinajstić information content (AvgIpc) is 3.00. The number of hydrogen-bond acceptors (Lipinski definition) is 4. The van der Waals surface area contributed by atoms with Crippen molar-refractivity contribution in [3.8, 4) is 5.75 Å². The first-order chi connectivity index (χ1) is 17.8. The molecule has 0 aromatic heterocycles. The molecule has 1 fully saturated rings. The molecule has 2 bridgehead atoms. The zero-order valence-corrected chi connectivity index (χ0v) is 23.0. The van der Waals surface area contributed by atoms with Gasteiger partial charge < -0.3 is 9.64 Å². The molecule has 198 valence electrons. The number of anilines is 1. The van der Waals surface area contributed by atoms with Crippen LogP contribution in [0.5, 0.6) is 5.75 Å². The van der Waals surface area contributed by atoms with Crippen molar-refractivity contribution in [2.24, 2.45) is 11.8 Å². The number of hydrogen-bond donors (Lipinski definition) is 1. The molecule has 6 rings (SSSR count). The first-order valence-electron chi connectivity index (χ1n) is 13.8. The quantitative estimate of drug-likeness (QED) is 0.431. The van der Waals surface area contributed by atoms with Gasteiger partial charge >= 0.3 is 0 Å². The Morgan fingerprint density at radius 1 is 1.05 bits per heavy atom. The van der Waals surface area contributed by atoms with Crippen LogP contribution < -0.4 is 14.4 Å². The van der Waals surface area contributed by atoms with E-state index in [2.05, 4.69) is 27.6 Å². The second kappa shape index (κ2) is 9.85. The standard InChI is InChI=1S/C30H37ClN2O3S/c1-37(35)15-4-2-3-6-21-8-9-24(21)18-33-19-30(14-5-7-22-16-25(31)11-12-26(22)30)20-36-28-13-10-23(17-27(28)33)29(34)32-37/h10-13,16-17,21,24H,1-9,14-15,18-20H2,(H,32,34,35)/t21-,24+,30+,37?/m1/s1. The van der Waals surface area contributed by atoms with E-state index >= 15 is 0 Å². The highest BCUT2D eigenvalue weighted by atomic mass is 35.5. The van der Waals surface area contributed by atoms with E-state index in [0.29, 0.717) is 23.8 Å². The molecule has 1 amide bonds. The lowest BCUT2D eigenvalue weighted by atomic mass is 9.68. The van der Waals surface area contributed by atoms with Crippen LogP contribution in [-0.4, -0.2) is 41.4 Å². The fourth-order valence-electron chi connectivity index (χ4n) is 6.99. The lowest BCUT2D eigenvalue weighted by molar-refractivity contribution is 0.0982. The molecule has 2 aromatic carbocycles. The Morgan fingerprint density at radius 3 is 2.76 bits per heavy atom. The number of halogens is 1. The minimum atomic E-state index is -2.67. The van der Waals surface area contributed by atoms with Crippen molar-refractivity contribution in [3.05, 3.63) is 58.1 Å². The summed E-state index contributed by atoms with van der Waals surface area (Å²) in [6.45, 7) is 2.44. The minimum absolute atomic E-state index is 0.122. The predicted octanol–water partition coefficient (Wildman–Crippen LogP) is 5.77. The predicted molar refractivity (Wildman–Crippen MR) is 152 cm³/mol. The molecule has 4 atom stereocenters. The number of carbonyl (C=O) groups is 1. The van der Waals surface area contributed by atoms with E-state index in [0.717, 1.165) is 74.0 Å². The Bertz CT molecular complexity index is 1310. The number of carbonyl (C=O) groups excluding carboxylic acids is 1. The highest BCUT2D eigenvalue weighted by molar-refractivity contribution is 7.99. The molecule has 2 aliphatic heterocycles. The molecule has 2 aromatic rings. The van der Waals surface area contributed by atoms with Crippen LogP contribution in [-0.2, 0) is 21.5 Å². The molecular weight excluding hydrogens is 504 g/mol. The van der Waals surface area contributed by atoms with Crippen molar-refractivity contribution >= 4 is 38.8 Å². The van der Waals surface area contributed by atoms with Crippen LogP contribution in [0.15, 0.2) is 36.4 Å². The number of nitrogens with zero attached hydrogens (tertiary/aromatic N) is 1. The Kier molecular flexibility index (Phi) is 6.69. The van der Waals surface area contributed by atoms with E-state index in [9.17, 15) is 9.00 Å². The van der Waals surface area contributed by atoms with Gasteiger partial charge in [-0.2, -0.15) is 0 Å². The number of aryl methyl sites for hydroxylation is 1. The van der Waals surface area contributed by atoms with Gasteiger partial charge in [-0.05, 0) is 97.7 Å². The number of amides is 1. The second-order valence-electron chi connectivity index (χ2n) is 11.7. The molecule has 7 heteroatoms. The molecule has 2 heterocycles. The summed E-state index contributed by atoms with van der Waals surface area (Å²) in [6, 6.07) is 12.0. The van der Waals surface area contributed by atoms with Crippen molar-refractivity contribution in [2.75, 3.05) is 30.3 Å². The monoisotopic (exact) mass is 540 g/mol. The van der Waals surface area contributed by atoms with Gasteiger partial charge in [0.05, 0.1) is 12.3 Å². The maximum absolute atomic E-state index is 13.2. The summed E-state index contributed by atoms with van der Waals surface area (Å²) in [6.07, 6.45) is 9.99. The van der Waals surface area contributed by atoms with Gasteiger partial charge in [0.25, 0.3) is 5.91 Å². The van der Waals surface area contributed by atoms with Crippen LogP contribution in [0, 0.1) is 11.8 Å². The molecule has 0 saturated heterocycles. The number of rotatable bonds is 0. The number of benzene rings is 2. The largest absolute Gasteiger partial charge is 0.490 e. The van der Waals surface area contributed by atoms with E-state index in [1.807, 2.05) is 18.2 Å². The average molecular weight is 541 g/mol. The zero-order valence-electron chi connectivity index (χ0n) is 21.5. The fraction of sp³-hybridized carbons (Fsp3) is 0.533. The van der Waals surface area contributed by atoms with Gasteiger partial charge in [-0.15, -0.1) is 0 Å². The van der Waals surface area contributed by atoms with Crippen molar-refractivity contribution in [1.29, 1.82) is 0 Å². The fourth-order valence-corrected chi connectivity index (χ4v) is 8.42. The van der Waals surface area contributed by atoms with E-state index in [1.165, 1.54) is 30.4 Å². The maximum Gasteiger partial charge on any atom is 0.262 e. The van der Waals surface area contributed by atoms with Crippen molar-refractivity contribution in [2.45, 2.75) is 63.2 Å². The topological polar surface area (TPSA) is 58.6 Å². The van der Waals surface area contributed by atoms with Crippen LogP contribution in [0.25, 0.3) is 0 Å². The Balaban J connectivity index is 1.41. The van der Waals surface area contributed by atoms with E-state index in [1.54, 1.807) is 6.07 Å². The van der Waals surface area contributed by atoms with Gasteiger partial charge in [0, 0.05) is 44.6 Å². The molecule has 1 spiro atoms. The summed E-state index contributed by atoms with van der Waals surface area (Å²) in [5.74, 6) is 6.17. The van der Waals surface area contributed by atoms with E-state index < -0.39 is 9.71 Å². The summed E-state index contributed by atoms with van der Waals surface area (Å²) in [7, 11) is -2.67. The summed E-state index contributed by atoms with van der Waals surface area (Å²) in [5.41, 5.74) is 4.05. The third-order valence-corrected chi connectivity index (χ3v) is 10.9. The van der Waals surface area contributed by atoms with Gasteiger partial charge in [0.1, 0.15) is 5.75 Å². The molecule has 0 radical (unpaired) electrons. The van der Waals surface area contributed by atoms with Gasteiger partial charge in [0.2, 0.25) is 0 Å². The number of ether oxygens (including phenoxy) is 1. The lowest BCUT2D eigenvalue weighted by Gasteiger charge is -2.44. The Labute approximate surface area is 226 Å². The summed E-state index contributed by atoms with van der Waals surface area (Å²) < 4.78 is 22.3. The van der Waals surface area contributed by atoms with Crippen LogP contribution in [0.4, 0.5) is 5.69 Å². The second-order valence-corrected chi connectivity index (χ2v) is 14.4. The van der Waals surface area contributed by atoms with E-state index in [-0.39, 0.29) is 11.3 Å². The van der Waals surface area contributed by atoms with Crippen LogP contribution in [0.3, 0.4) is 0 Å². The van der Waals surface area contributed by atoms with Crippen LogP contribution in [0.2, 0.25) is 5.02 Å². The van der Waals surface area contributed by atoms with Gasteiger partial charge in [0.15, 0.2) is 0 Å². The Hall–Kier alpha value is -2.18. The summed E-state index contributed by atoms with van der Waals surface area (Å²) in [5, 5.41) is 0.790. The molecule has 37 heavy (non-hydrogen) atoms. The Morgan fingerprint density at radius 2 is 1.92 bits per heavy atom. The molecule has 2 aliphatic carbocycles. The lowest BCUT2D eigenvalue weighted by Crippen LogP contribution is -2.48. The van der Waals surface area contributed by atoms with Gasteiger partial charge in [-0.25, -0.2) is 4.21 Å². The van der Waals surface area contributed by atoms with Crippen LogP contribution in [0.1, 0.15) is 72.9 Å². The van der Waals surface area contributed by atoms with Gasteiger partial charge in [-0.3, -0.25) is 9.52 Å². The number of fused-ring (bicyclic) bond motifs is 4. The van der Waals surface area contributed by atoms with Crippen LogP contribution >= 0.6 is 11.6 Å². The third kappa shape index (κ3) is 4.99. The van der Waals surface area contributed by atoms with Crippen molar-refractivity contribution < 1.29 is 13.7 Å². The van der Waals surface area contributed by atoms with E-state index in [4.69, 9.17) is 16.3 Å². The SMILES string of the molecule is C=S1(=O)CCCCC[C@@H]2CC[C@H]2CN2C[C@@]3(CCCc4cc(Cl)ccc43)COc3ccc(cc32)C(=O)N1. The molecule has 4 aliphatic rings. The molecule has 1 unspecified atom stereocenters. The highest BCUT2D eigenvalue weighted by Gasteiger charge is 2.43. The smallest absolute Gasteiger partial charge is 0.262 e. The summed E-state index contributed by atoms with van der Waals surface area (Å²) >= 11 is 6.38. The normalized spacial score (nSPS) is 31.9. The molecule has 1 N–H and O–H groups in total. The maximum atomic E-state index is 13.2. The first-order valence-corrected chi connectivity index (χ1v) is 16.1. The summed E-state index contributed by atoms with van der Waals surface area (Å²) in [4.78, 5) is 15.7. The first kappa shape index (κ1) is 25.1.